The summed E-state index contributed by atoms with van der Waals surface area (Å²) in [4.78, 5) is 0. The summed E-state index contributed by atoms with van der Waals surface area (Å²) in [5.74, 6) is 0.339. The summed E-state index contributed by atoms with van der Waals surface area (Å²) < 4.78 is 4.90. The van der Waals surface area contributed by atoms with E-state index in [0.29, 0.717) is 13.2 Å². The summed E-state index contributed by atoms with van der Waals surface area (Å²) in [7, 11) is 0. The second-order valence-electron chi connectivity index (χ2n) is 2.63. The van der Waals surface area contributed by atoms with Gasteiger partial charge in [0.15, 0.2) is 0 Å². The molecule has 1 aromatic carbocycles. The van der Waals surface area contributed by atoms with Crippen molar-refractivity contribution in [2.24, 2.45) is 0 Å². The van der Waals surface area contributed by atoms with E-state index in [1.54, 1.807) is 12.2 Å². The van der Waals surface area contributed by atoms with E-state index in [2.05, 4.69) is 13.2 Å². The Morgan fingerprint density at radius 1 is 0.933 bits per heavy atom. The number of rotatable bonds is 4. The Balaban J connectivity index is 0.000000265. The molecule has 3 heteroatoms. The zero-order chi connectivity index (χ0) is 11.5. The van der Waals surface area contributed by atoms with Crippen molar-refractivity contribution in [1.82, 2.24) is 0 Å². The van der Waals surface area contributed by atoms with E-state index >= 15 is 0 Å². The third kappa shape index (κ3) is 8.59. The molecule has 0 radical (unpaired) electrons. The van der Waals surface area contributed by atoms with Gasteiger partial charge in [-0.05, 0) is 24.3 Å². The summed E-state index contributed by atoms with van der Waals surface area (Å²) in [5.41, 5.74) is 0. The monoisotopic (exact) mass is 208 g/mol. The number of phenols is 2. The Hall–Kier alpha value is -1.74. The van der Waals surface area contributed by atoms with E-state index in [0.717, 1.165) is 0 Å². The van der Waals surface area contributed by atoms with E-state index in [-0.39, 0.29) is 11.5 Å². The van der Waals surface area contributed by atoms with Crippen LogP contribution in [-0.4, -0.2) is 23.4 Å². The fourth-order valence-electron chi connectivity index (χ4n) is 0.687. The third-order valence-electron chi connectivity index (χ3n) is 1.32. The van der Waals surface area contributed by atoms with Crippen LogP contribution in [0.3, 0.4) is 0 Å². The van der Waals surface area contributed by atoms with Gasteiger partial charge >= 0.3 is 0 Å². The Bertz CT molecular complexity index is 248. The first-order valence-corrected chi connectivity index (χ1v) is 4.48. The Morgan fingerprint density at radius 3 is 1.53 bits per heavy atom. The van der Waals surface area contributed by atoms with Crippen LogP contribution in [-0.2, 0) is 4.74 Å². The molecule has 15 heavy (non-hydrogen) atoms. The molecule has 0 spiro atoms. The molecule has 0 bridgehead atoms. The molecule has 0 amide bonds. The highest BCUT2D eigenvalue weighted by Gasteiger charge is 1.84. The molecule has 0 heterocycles. The molecule has 0 unspecified atom stereocenters. The van der Waals surface area contributed by atoms with Crippen molar-refractivity contribution in [3.8, 4) is 11.5 Å². The lowest BCUT2D eigenvalue weighted by atomic mass is 10.3. The minimum atomic E-state index is 0.169. The average Bonchev–Trinajstić information content (AvgIpc) is 2.24. The smallest absolute Gasteiger partial charge is 0.115 e. The SMILES string of the molecule is C=CCOCC=C.Oc1ccc(O)cc1. The van der Waals surface area contributed by atoms with Gasteiger partial charge in [-0.25, -0.2) is 0 Å². The lowest BCUT2D eigenvalue weighted by Gasteiger charge is -1.89. The predicted octanol–water partition coefficient (Wildman–Crippen LogP) is 2.47. The van der Waals surface area contributed by atoms with E-state index in [4.69, 9.17) is 14.9 Å². The lowest BCUT2D eigenvalue weighted by molar-refractivity contribution is 0.194. The lowest BCUT2D eigenvalue weighted by Crippen LogP contribution is -1.87. The molecule has 0 fully saturated rings. The van der Waals surface area contributed by atoms with Gasteiger partial charge in [0.2, 0.25) is 0 Å². The molecule has 0 atom stereocenters. The van der Waals surface area contributed by atoms with Crippen molar-refractivity contribution in [2.45, 2.75) is 0 Å². The highest BCUT2D eigenvalue weighted by molar-refractivity contribution is 5.28. The second kappa shape index (κ2) is 8.84. The summed E-state index contributed by atoms with van der Waals surface area (Å²) in [6.45, 7) is 8.18. The molecule has 3 nitrogen and oxygen atoms in total. The molecule has 0 aliphatic heterocycles. The Kier molecular flexibility index (Phi) is 7.82. The molecule has 0 aromatic heterocycles. The summed E-state index contributed by atoms with van der Waals surface area (Å²) in [6.07, 6.45) is 3.42. The van der Waals surface area contributed by atoms with Crippen LogP contribution in [0.4, 0.5) is 0 Å². The predicted molar refractivity (Wildman–Crippen MR) is 61.0 cm³/mol. The standard InChI is InChI=1S/C6H6O2.C6H10O/c7-5-1-2-6(8)4-3-5;1-3-5-7-6-4-2/h1-4,7-8H;3-4H,1-2,5-6H2. The van der Waals surface area contributed by atoms with Gasteiger partial charge < -0.3 is 14.9 Å². The van der Waals surface area contributed by atoms with E-state index in [9.17, 15) is 0 Å². The molecule has 0 saturated carbocycles. The van der Waals surface area contributed by atoms with Crippen molar-refractivity contribution in [2.75, 3.05) is 13.2 Å². The van der Waals surface area contributed by atoms with Gasteiger partial charge in [0.25, 0.3) is 0 Å². The van der Waals surface area contributed by atoms with Gasteiger partial charge in [-0.1, -0.05) is 12.2 Å². The number of phenolic OH excluding ortho intramolecular Hbond substituents is 2. The maximum atomic E-state index is 8.65. The molecular formula is C12H16O3. The minimum absolute atomic E-state index is 0.169. The topological polar surface area (TPSA) is 49.7 Å². The molecule has 0 aliphatic rings. The maximum Gasteiger partial charge on any atom is 0.115 e. The highest BCUT2D eigenvalue weighted by atomic mass is 16.5. The Labute approximate surface area is 89.9 Å². The van der Waals surface area contributed by atoms with Crippen LogP contribution in [0.5, 0.6) is 11.5 Å². The van der Waals surface area contributed by atoms with Gasteiger partial charge in [-0.15, -0.1) is 13.2 Å². The summed E-state index contributed by atoms with van der Waals surface area (Å²) in [6, 6.07) is 5.70. The summed E-state index contributed by atoms with van der Waals surface area (Å²) in [5, 5.41) is 17.3. The average molecular weight is 208 g/mol. The minimum Gasteiger partial charge on any atom is -0.508 e. The molecule has 82 valence electrons. The largest absolute Gasteiger partial charge is 0.508 e. The normalized spacial score (nSPS) is 8.53. The fourth-order valence-corrected chi connectivity index (χ4v) is 0.687. The van der Waals surface area contributed by atoms with Crippen molar-refractivity contribution in [3.05, 3.63) is 49.6 Å². The van der Waals surface area contributed by atoms with Crippen LogP contribution in [0.2, 0.25) is 0 Å². The number of aromatic hydroxyl groups is 2. The van der Waals surface area contributed by atoms with Crippen LogP contribution in [0.15, 0.2) is 49.6 Å². The van der Waals surface area contributed by atoms with Crippen LogP contribution >= 0.6 is 0 Å². The fraction of sp³-hybridized carbons (Fsp3) is 0.167. The molecule has 1 rings (SSSR count). The van der Waals surface area contributed by atoms with Crippen LogP contribution in [0, 0.1) is 0 Å². The van der Waals surface area contributed by atoms with Gasteiger partial charge in [-0.2, -0.15) is 0 Å². The van der Waals surface area contributed by atoms with Crippen LogP contribution in [0.1, 0.15) is 0 Å². The third-order valence-corrected chi connectivity index (χ3v) is 1.32. The molecule has 0 aliphatic carbocycles. The van der Waals surface area contributed by atoms with Gasteiger partial charge in [0, 0.05) is 0 Å². The van der Waals surface area contributed by atoms with E-state index in [1.165, 1.54) is 24.3 Å². The van der Waals surface area contributed by atoms with Crippen molar-refractivity contribution in [3.63, 3.8) is 0 Å². The van der Waals surface area contributed by atoms with Crippen molar-refractivity contribution < 1.29 is 14.9 Å². The van der Waals surface area contributed by atoms with Crippen molar-refractivity contribution in [1.29, 1.82) is 0 Å². The van der Waals surface area contributed by atoms with Gasteiger partial charge in [0.05, 0.1) is 13.2 Å². The Morgan fingerprint density at radius 2 is 1.27 bits per heavy atom. The van der Waals surface area contributed by atoms with Crippen LogP contribution < -0.4 is 0 Å². The van der Waals surface area contributed by atoms with Gasteiger partial charge in [0.1, 0.15) is 11.5 Å². The van der Waals surface area contributed by atoms with Crippen LogP contribution in [0.25, 0.3) is 0 Å². The zero-order valence-corrected chi connectivity index (χ0v) is 8.60. The first kappa shape index (κ1) is 13.3. The molecule has 1 aromatic rings. The van der Waals surface area contributed by atoms with Gasteiger partial charge in [-0.3, -0.25) is 0 Å². The molecular weight excluding hydrogens is 192 g/mol. The first-order valence-electron chi connectivity index (χ1n) is 4.48. The number of hydrogen-bond acceptors (Lipinski definition) is 3. The number of hydrogen-bond donors (Lipinski definition) is 2. The summed E-state index contributed by atoms with van der Waals surface area (Å²) >= 11 is 0. The number of benzene rings is 1. The first-order chi connectivity index (χ1) is 7.20. The number of ether oxygens (including phenoxy) is 1. The molecule has 2 N–H and O–H groups in total. The molecule has 0 saturated heterocycles. The zero-order valence-electron chi connectivity index (χ0n) is 8.60. The second-order valence-corrected chi connectivity index (χ2v) is 2.63. The van der Waals surface area contributed by atoms with Crippen molar-refractivity contribution >= 4 is 0 Å². The van der Waals surface area contributed by atoms with E-state index < -0.39 is 0 Å². The maximum absolute atomic E-state index is 8.65. The highest BCUT2D eigenvalue weighted by Crippen LogP contribution is 2.13. The quantitative estimate of drug-likeness (QED) is 0.454. The van der Waals surface area contributed by atoms with E-state index in [1.807, 2.05) is 0 Å².